The Labute approximate surface area is 817 Å². The van der Waals surface area contributed by atoms with Gasteiger partial charge in [-0.25, -0.2) is 0 Å². The molecule has 1 aliphatic heterocycles. The molecule has 2 atom stereocenters. The number of nitrogens with zero attached hydrogens (tertiary/aromatic N) is 4. The molecule has 1 N–H and O–H groups in total. The summed E-state index contributed by atoms with van der Waals surface area (Å²) in [5, 5.41) is 13.4. The highest BCUT2D eigenvalue weighted by Crippen LogP contribution is 2.48. The maximum Gasteiger partial charge on any atom is 0.221 e. The van der Waals surface area contributed by atoms with Crippen molar-refractivity contribution in [2.75, 3.05) is 69.0 Å². The molecule has 0 saturated heterocycles. The lowest BCUT2D eigenvalue weighted by molar-refractivity contribution is -0.477. The van der Waals surface area contributed by atoms with Gasteiger partial charge in [-0.1, -0.05) is 402 Å². The topological polar surface area (TPSA) is 88.6 Å². The van der Waals surface area contributed by atoms with Crippen molar-refractivity contribution in [2.45, 2.75) is 449 Å². The van der Waals surface area contributed by atoms with Crippen molar-refractivity contribution in [3.8, 4) is 23.0 Å². The van der Waals surface area contributed by atoms with Crippen LogP contribution in [0.3, 0.4) is 0 Å². The number of benzene rings is 2. The van der Waals surface area contributed by atoms with Crippen LogP contribution in [0, 0.1) is 11.8 Å². The molecule has 4 heterocycles. The Kier molecular flexibility index (Phi) is 60.2. The fraction of sp³-hybridized carbons (Fsp3) is 0.667. The van der Waals surface area contributed by atoms with E-state index in [1.54, 1.807) is 22.7 Å². The van der Waals surface area contributed by atoms with E-state index in [1.807, 2.05) is 0 Å². The van der Waals surface area contributed by atoms with Crippen LogP contribution in [0.1, 0.15) is 485 Å². The Balaban J connectivity index is 1.40. The van der Waals surface area contributed by atoms with Crippen LogP contribution in [-0.2, 0) is 11.3 Å². The minimum absolute atomic E-state index is 0.0777. The van der Waals surface area contributed by atoms with Gasteiger partial charge in [0.15, 0.2) is 29.5 Å². The number of hydrogen-bond acceptors (Lipinski definition) is 10. The third-order valence-corrected chi connectivity index (χ3v) is 29.4. The first kappa shape index (κ1) is 112. The third kappa shape index (κ3) is 41.3. The average Bonchev–Trinajstić information content (AvgIpc) is 1.51. The highest BCUT2D eigenvalue weighted by atomic mass is 32.1. The minimum atomic E-state index is -0.0777. The Morgan fingerprint density at radius 2 is 0.629 bits per heavy atom. The standard InChI is InChI=1S/C120H190N4O6S2/c1-13-25-37-41-45-49-51-55-59-63-67-101(65-61-57-53-47-43-39-27-15-3)97-123-105(81-87-111-119(129-95-35-23-11)117(127-93-33-21-9)109(131-111)85-73-99-69-75-103(76-70-99)121(89-29-17-5)90-30-18-6)79-83-107(123)113-115(125)114(116(113)126)108-84-80-106(124(108)98-102(66-62-58-54-48-44-40-28-16-4)68-64-60-56-52-50-46-42-38-26-14-2)82-88-112-120(130-96-36-24-12)118(128-94-34-22-10)110(132-112)86-74-100-71-77-104(78-72-100)122(91-31-19-7)92-32-20-8/h69-88,101-102H,13-68,89-98H2,1-12H3/p+1. The molecule has 10 nitrogen and oxygen atoms in total. The van der Waals surface area contributed by atoms with E-state index < -0.39 is 0 Å². The summed E-state index contributed by atoms with van der Waals surface area (Å²) in [6.45, 7) is 35.5. The molecule has 7 rings (SSSR count). The number of aromatic nitrogens is 1. The van der Waals surface area contributed by atoms with Crippen molar-refractivity contribution in [1.82, 2.24) is 4.57 Å². The first-order chi connectivity index (χ1) is 65.0. The molecular weight excluding hydrogens is 1660 g/mol. The van der Waals surface area contributed by atoms with Crippen LogP contribution in [0.4, 0.5) is 11.4 Å². The molecule has 5 aromatic rings. The number of unbranched alkanes of at least 4 members (excludes halogenated alkanes) is 40. The number of carbonyl (C=O) groups is 1. The SMILES string of the molecule is CCCCCCCCCCCCC(CCCCCCCCCC)Cn1c(/C=C\c2sc(/C=C/c3ccc(N(CCCC)CCCC)cc3)c(OCCCC)c2OCCCC)ccc1C1=C(O)/C(=C2/C=CC(/C=C\c3sc(/C=C/c4ccc(N(CCCC)CCCC)cc4)c(OCCCC)c3OCCCC)=[N+]2CC(CCCCCCCCCC)CCCCCCCCCCCC)C1=O. The van der Waals surface area contributed by atoms with E-state index in [9.17, 15) is 5.11 Å². The second-order valence-corrected chi connectivity index (χ2v) is 41.0. The molecule has 132 heavy (non-hydrogen) atoms. The Morgan fingerprint density at radius 3 is 0.955 bits per heavy atom. The van der Waals surface area contributed by atoms with Gasteiger partial charge in [0.05, 0.1) is 57.2 Å². The summed E-state index contributed by atoms with van der Waals surface area (Å²) >= 11 is 3.47. The number of allylic oxidation sites excluding steroid dienone is 5. The number of ether oxygens (including phenoxy) is 4. The number of Topliss-reactive ketones (excluding diaryl/α,β-unsaturated/α-hetero) is 1. The van der Waals surface area contributed by atoms with Crippen molar-refractivity contribution in [3.63, 3.8) is 0 Å². The maximum atomic E-state index is 16.3. The van der Waals surface area contributed by atoms with E-state index in [1.165, 1.54) is 294 Å². The summed E-state index contributed by atoms with van der Waals surface area (Å²) in [5.41, 5.74) is 9.42. The first-order valence-electron chi connectivity index (χ1n) is 55.5. The molecule has 0 spiro atoms. The van der Waals surface area contributed by atoms with Crippen molar-refractivity contribution < 1.29 is 33.4 Å². The Hall–Kier alpha value is -6.76. The molecule has 2 aromatic carbocycles. The lowest BCUT2D eigenvalue weighted by Gasteiger charge is -2.26. The van der Waals surface area contributed by atoms with Gasteiger partial charge in [-0.3, -0.25) is 4.79 Å². The summed E-state index contributed by atoms with van der Waals surface area (Å²) in [5.74, 6) is 4.05. The van der Waals surface area contributed by atoms with Gasteiger partial charge < -0.3 is 38.4 Å². The van der Waals surface area contributed by atoms with Gasteiger partial charge in [0.25, 0.3) is 0 Å². The van der Waals surface area contributed by atoms with Crippen LogP contribution in [0.2, 0.25) is 0 Å². The zero-order chi connectivity index (χ0) is 94.1. The second kappa shape index (κ2) is 70.8. The molecule has 0 saturated carbocycles. The van der Waals surface area contributed by atoms with E-state index in [2.05, 4.69) is 223 Å². The quantitative estimate of drug-likeness (QED) is 0.0234. The van der Waals surface area contributed by atoms with Gasteiger partial charge in [0.1, 0.15) is 11.3 Å². The van der Waals surface area contributed by atoms with Crippen molar-refractivity contribution in [3.05, 3.63) is 138 Å². The number of rotatable bonds is 83. The van der Waals surface area contributed by atoms with E-state index in [0.29, 0.717) is 49.4 Å². The van der Waals surface area contributed by atoms with Gasteiger partial charge in [-0.2, -0.15) is 4.58 Å². The van der Waals surface area contributed by atoms with E-state index in [4.69, 9.17) is 18.9 Å². The summed E-state index contributed by atoms with van der Waals surface area (Å²) in [7, 11) is 0. The monoisotopic (exact) mass is 1850 g/mol. The fourth-order valence-electron chi connectivity index (χ4n) is 18.6. The van der Waals surface area contributed by atoms with Crippen LogP contribution >= 0.6 is 22.7 Å². The van der Waals surface area contributed by atoms with Crippen LogP contribution in [0.15, 0.2) is 95.9 Å². The first-order valence-corrected chi connectivity index (χ1v) is 57.1. The molecule has 2 aliphatic rings. The van der Waals surface area contributed by atoms with Gasteiger partial charge in [-0.05, 0) is 161 Å². The normalized spacial score (nSPS) is 14.1. The molecule has 12 heteroatoms. The van der Waals surface area contributed by atoms with Gasteiger partial charge in [0.2, 0.25) is 17.2 Å². The molecule has 3 aromatic heterocycles. The lowest BCUT2D eigenvalue weighted by atomic mass is 9.84. The molecular formula is C120H191N4O6S2+. The second-order valence-electron chi connectivity index (χ2n) is 38.8. The summed E-state index contributed by atoms with van der Waals surface area (Å²) in [4.78, 5) is 25.5. The minimum Gasteiger partial charge on any atom is -0.506 e. The fourth-order valence-corrected chi connectivity index (χ4v) is 20.6. The van der Waals surface area contributed by atoms with Crippen molar-refractivity contribution in [1.29, 1.82) is 0 Å². The highest BCUT2D eigenvalue weighted by Gasteiger charge is 2.44. The highest BCUT2D eigenvalue weighted by molar-refractivity contribution is 7.15. The summed E-state index contributed by atoms with van der Waals surface area (Å²) in [6.07, 6.45) is 91.0. The van der Waals surface area contributed by atoms with Gasteiger partial charge in [0, 0.05) is 73.9 Å². The molecule has 2 unspecified atom stereocenters. The number of thiophene rings is 2. The van der Waals surface area contributed by atoms with Crippen LogP contribution in [0.25, 0.3) is 48.1 Å². The number of carbonyl (C=O) groups excluding carboxylic acids is 1. The number of aliphatic hydroxyl groups excluding tert-OH is 1. The lowest BCUT2D eigenvalue weighted by Crippen LogP contribution is -2.30. The smallest absolute Gasteiger partial charge is 0.221 e. The molecule has 1 aliphatic carbocycles. The zero-order valence-electron chi connectivity index (χ0n) is 86.5. The number of anilines is 2. The van der Waals surface area contributed by atoms with E-state index in [0.717, 1.165) is 193 Å². The number of aliphatic hydroxyl groups is 1. The van der Waals surface area contributed by atoms with Crippen LogP contribution < -0.4 is 28.7 Å². The number of ketones is 1. The molecule has 0 bridgehead atoms. The van der Waals surface area contributed by atoms with E-state index in [-0.39, 0.29) is 11.5 Å². The van der Waals surface area contributed by atoms with E-state index >= 15 is 4.79 Å². The van der Waals surface area contributed by atoms with Crippen molar-refractivity contribution >= 4 is 93.6 Å². The predicted octanol–water partition coefficient (Wildman–Crippen LogP) is 37.4. The van der Waals surface area contributed by atoms with Gasteiger partial charge >= 0.3 is 0 Å². The van der Waals surface area contributed by atoms with Crippen molar-refractivity contribution in [2.24, 2.45) is 11.8 Å². The zero-order valence-corrected chi connectivity index (χ0v) is 88.1. The Morgan fingerprint density at radius 1 is 0.326 bits per heavy atom. The Bertz CT molecular complexity index is 4100. The largest absolute Gasteiger partial charge is 0.506 e. The predicted molar refractivity (Wildman–Crippen MR) is 583 cm³/mol. The maximum absolute atomic E-state index is 16.3. The molecule has 0 amide bonds. The molecule has 738 valence electrons. The molecule has 0 fully saturated rings. The van der Waals surface area contributed by atoms with Gasteiger partial charge in [-0.15, -0.1) is 22.7 Å². The number of hydrogen-bond donors (Lipinski definition) is 1. The summed E-state index contributed by atoms with van der Waals surface area (Å²) < 4.78 is 32.6. The average molecular weight is 1850 g/mol. The van der Waals surface area contributed by atoms with Crippen LogP contribution in [0.5, 0.6) is 23.0 Å². The van der Waals surface area contributed by atoms with Crippen LogP contribution in [-0.4, -0.2) is 84.9 Å². The molecule has 0 radical (unpaired) electrons. The third-order valence-electron chi connectivity index (χ3n) is 27.2. The summed E-state index contributed by atoms with van der Waals surface area (Å²) in [6, 6.07) is 22.7.